The van der Waals surface area contributed by atoms with Crippen LogP contribution in [-0.2, 0) is 16.8 Å². The van der Waals surface area contributed by atoms with Crippen molar-refractivity contribution < 1.29 is 9.84 Å². The van der Waals surface area contributed by atoms with E-state index >= 15 is 0 Å². The molecule has 3 nitrogen and oxygen atoms in total. The monoisotopic (exact) mass is 265 g/mol. The van der Waals surface area contributed by atoms with E-state index in [0.717, 1.165) is 18.5 Å². The van der Waals surface area contributed by atoms with Gasteiger partial charge in [-0.1, -0.05) is 38.1 Å². The van der Waals surface area contributed by atoms with Crippen LogP contribution in [-0.4, -0.2) is 31.9 Å². The maximum absolute atomic E-state index is 10.5. The van der Waals surface area contributed by atoms with Gasteiger partial charge in [-0.15, -0.1) is 0 Å². The zero-order valence-corrected chi connectivity index (χ0v) is 12.6. The first kappa shape index (κ1) is 16.2. The van der Waals surface area contributed by atoms with Gasteiger partial charge < -0.3 is 15.2 Å². The molecule has 0 aromatic heterocycles. The molecule has 0 bridgehead atoms. The van der Waals surface area contributed by atoms with Crippen molar-refractivity contribution in [2.45, 2.75) is 32.8 Å². The van der Waals surface area contributed by atoms with Crippen LogP contribution in [0.2, 0.25) is 0 Å². The summed E-state index contributed by atoms with van der Waals surface area (Å²) < 4.78 is 4.97. The Balaban J connectivity index is 2.57. The molecule has 1 atom stereocenters. The van der Waals surface area contributed by atoms with Crippen molar-refractivity contribution in [2.75, 3.05) is 26.8 Å². The van der Waals surface area contributed by atoms with Gasteiger partial charge in [-0.25, -0.2) is 0 Å². The third-order valence-electron chi connectivity index (χ3n) is 3.17. The van der Waals surface area contributed by atoms with Gasteiger partial charge in [-0.2, -0.15) is 0 Å². The van der Waals surface area contributed by atoms with E-state index < -0.39 is 5.60 Å². The smallest absolute Gasteiger partial charge is 0.0992 e. The fourth-order valence-corrected chi connectivity index (χ4v) is 2.08. The molecule has 0 radical (unpaired) electrons. The van der Waals surface area contributed by atoms with E-state index in [9.17, 15) is 5.11 Å². The summed E-state index contributed by atoms with van der Waals surface area (Å²) in [5, 5.41) is 13.7. The summed E-state index contributed by atoms with van der Waals surface area (Å²) in [7, 11) is 1.67. The minimum absolute atomic E-state index is 0.528. The van der Waals surface area contributed by atoms with E-state index in [-0.39, 0.29) is 0 Å². The maximum Gasteiger partial charge on any atom is 0.0992 e. The van der Waals surface area contributed by atoms with Crippen LogP contribution in [0, 0.1) is 5.92 Å². The summed E-state index contributed by atoms with van der Waals surface area (Å²) in [6.45, 7) is 8.19. The molecule has 1 aromatic rings. The summed E-state index contributed by atoms with van der Waals surface area (Å²) in [6, 6.07) is 8.27. The summed E-state index contributed by atoms with van der Waals surface area (Å²) >= 11 is 0. The van der Waals surface area contributed by atoms with Crippen LogP contribution in [0.5, 0.6) is 0 Å². The lowest BCUT2D eigenvalue weighted by atomic mass is 9.93. The van der Waals surface area contributed by atoms with Crippen molar-refractivity contribution >= 4 is 0 Å². The van der Waals surface area contributed by atoms with Crippen LogP contribution in [0.25, 0.3) is 0 Å². The molecule has 0 saturated carbocycles. The average molecular weight is 265 g/mol. The topological polar surface area (TPSA) is 41.5 Å². The van der Waals surface area contributed by atoms with Crippen molar-refractivity contribution in [3.8, 4) is 0 Å². The van der Waals surface area contributed by atoms with E-state index in [1.54, 1.807) is 7.11 Å². The summed E-state index contributed by atoms with van der Waals surface area (Å²) in [5.74, 6) is 0.655. The Morgan fingerprint density at radius 1 is 1.26 bits per heavy atom. The van der Waals surface area contributed by atoms with Gasteiger partial charge in [0.2, 0.25) is 0 Å². The van der Waals surface area contributed by atoms with Crippen molar-refractivity contribution in [3.05, 3.63) is 35.4 Å². The molecule has 3 heteroatoms. The largest absolute Gasteiger partial charge is 0.384 e. The lowest BCUT2D eigenvalue weighted by Gasteiger charge is -2.24. The summed E-state index contributed by atoms with van der Waals surface area (Å²) in [5.41, 5.74) is 1.43. The van der Waals surface area contributed by atoms with Crippen LogP contribution in [0.4, 0.5) is 0 Å². The van der Waals surface area contributed by atoms with E-state index in [4.69, 9.17) is 4.74 Å². The molecular weight excluding hydrogens is 238 g/mol. The number of ether oxygens (including phenoxy) is 1. The zero-order chi connectivity index (χ0) is 14.3. The van der Waals surface area contributed by atoms with Crippen molar-refractivity contribution in [2.24, 2.45) is 5.92 Å². The Morgan fingerprint density at radius 3 is 2.42 bits per heavy atom. The van der Waals surface area contributed by atoms with Gasteiger partial charge in [-0.05, 0) is 30.4 Å². The summed E-state index contributed by atoms with van der Waals surface area (Å²) in [6.07, 6.45) is 1.08. The number of hydrogen-bond acceptors (Lipinski definition) is 3. The second-order valence-corrected chi connectivity index (χ2v) is 5.74. The number of benzene rings is 1. The van der Waals surface area contributed by atoms with Crippen LogP contribution in [0.1, 0.15) is 31.9 Å². The highest BCUT2D eigenvalue weighted by Crippen LogP contribution is 2.21. The van der Waals surface area contributed by atoms with Crippen molar-refractivity contribution in [3.63, 3.8) is 0 Å². The average Bonchev–Trinajstić information content (AvgIpc) is 2.35. The Morgan fingerprint density at radius 2 is 1.89 bits per heavy atom. The molecule has 0 heterocycles. The Hall–Kier alpha value is -0.900. The molecule has 0 aliphatic rings. The zero-order valence-electron chi connectivity index (χ0n) is 12.6. The highest BCUT2D eigenvalue weighted by Gasteiger charge is 2.22. The van der Waals surface area contributed by atoms with E-state index in [1.807, 2.05) is 19.1 Å². The molecule has 0 aliphatic heterocycles. The Kier molecular flexibility index (Phi) is 6.49. The van der Waals surface area contributed by atoms with Crippen molar-refractivity contribution in [1.82, 2.24) is 5.32 Å². The molecule has 0 amide bonds. The quantitative estimate of drug-likeness (QED) is 0.709. The second-order valence-electron chi connectivity index (χ2n) is 5.74. The van der Waals surface area contributed by atoms with Crippen LogP contribution < -0.4 is 5.32 Å². The molecule has 1 aromatic carbocycles. The predicted octanol–water partition coefficient (Wildman–Crippen LogP) is 2.33. The molecule has 0 spiro atoms. The van der Waals surface area contributed by atoms with Gasteiger partial charge in [0.05, 0.1) is 12.2 Å². The van der Waals surface area contributed by atoms with Crippen LogP contribution in [0.15, 0.2) is 24.3 Å². The van der Waals surface area contributed by atoms with E-state index in [2.05, 4.69) is 31.3 Å². The molecule has 19 heavy (non-hydrogen) atoms. The Bertz CT molecular complexity index is 358. The second kappa shape index (κ2) is 7.63. The number of methoxy groups -OCH3 is 1. The molecule has 108 valence electrons. The van der Waals surface area contributed by atoms with E-state index in [1.165, 1.54) is 5.56 Å². The molecular formula is C16H27NO2. The minimum Gasteiger partial charge on any atom is -0.384 e. The molecule has 0 saturated heterocycles. The Labute approximate surface area is 117 Å². The van der Waals surface area contributed by atoms with Gasteiger partial charge in [0.25, 0.3) is 0 Å². The highest BCUT2D eigenvalue weighted by molar-refractivity contribution is 5.27. The van der Waals surface area contributed by atoms with Gasteiger partial charge in [-0.3, -0.25) is 0 Å². The normalized spacial score (nSPS) is 14.6. The van der Waals surface area contributed by atoms with Crippen molar-refractivity contribution in [1.29, 1.82) is 0 Å². The fourth-order valence-electron chi connectivity index (χ4n) is 2.08. The predicted molar refractivity (Wildman–Crippen MR) is 79.3 cm³/mol. The highest BCUT2D eigenvalue weighted by atomic mass is 16.5. The minimum atomic E-state index is -0.843. The third kappa shape index (κ3) is 5.72. The molecule has 2 N–H and O–H groups in total. The summed E-state index contributed by atoms with van der Waals surface area (Å²) in [4.78, 5) is 0. The van der Waals surface area contributed by atoms with Crippen LogP contribution >= 0.6 is 0 Å². The number of nitrogens with one attached hydrogen (secondary N) is 1. The molecule has 1 unspecified atom stereocenters. The van der Waals surface area contributed by atoms with Gasteiger partial charge in [0.1, 0.15) is 0 Å². The third-order valence-corrected chi connectivity index (χ3v) is 3.17. The number of rotatable bonds is 8. The molecule has 0 fully saturated rings. The first-order valence-electron chi connectivity index (χ1n) is 6.97. The lowest BCUT2D eigenvalue weighted by Crippen LogP contribution is -2.36. The molecule has 1 rings (SSSR count). The SMILES string of the molecule is COCCNCC(C)(O)c1ccc(CC(C)C)cc1. The number of aliphatic hydroxyl groups is 1. The first-order chi connectivity index (χ1) is 8.95. The standard InChI is InChI=1S/C16H27NO2/c1-13(2)11-14-5-7-15(8-6-14)16(3,18)12-17-9-10-19-4/h5-8,13,17-18H,9-12H2,1-4H3. The van der Waals surface area contributed by atoms with Gasteiger partial charge >= 0.3 is 0 Å². The maximum atomic E-state index is 10.5. The fraction of sp³-hybridized carbons (Fsp3) is 0.625. The van der Waals surface area contributed by atoms with Gasteiger partial charge in [0, 0.05) is 20.2 Å². The van der Waals surface area contributed by atoms with Gasteiger partial charge in [0.15, 0.2) is 0 Å². The van der Waals surface area contributed by atoms with Crippen LogP contribution in [0.3, 0.4) is 0 Å². The number of hydrogen-bond donors (Lipinski definition) is 2. The lowest BCUT2D eigenvalue weighted by molar-refractivity contribution is 0.0550. The van der Waals surface area contributed by atoms with E-state index in [0.29, 0.717) is 19.1 Å². The molecule has 0 aliphatic carbocycles. The first-order valence-corrected chi connectivity index (χ1v) is 6.97.